The minimum Gasteiger partial charge on any atom is -0.321 e. The van der Waals surface area contributed by atoms with Crippen LogP contribution in [0, 0.1) is 0 Å². The number of carbonyl (C=O) groups is 1. The van der Waals surface area contributed by atoms with E-state index in [1.807, 2.05) is 42.3 Å². The number of para-hydroxylation sites is 1. The fourth-order valence-electron chi connectivity index (χ4n) is 2.63. The fourth-order valence-corrected chi connectivity index (χ4v) is 2.63. The Morgan fingerprint density at radius 3 is 2.72 bits per heavy atom. The van der Waals surface area contributed by atoms with E-state index in [2.05, 4.69) is 6.92 Å². The van der Waals surface area contributed by atoms with Crippen LogP contribution in [0.1, 0.15) is 32.6 Å². The molecule has 1 aromatic rings. The third-order valence-corrected chi connectivity index (χ3v) is 3.77. The van der Waals surface area contributed by atoms with Crippen LogP contribution in [0.3, 0.4) is 0 Å². The monoisotopic (exact) mass is 246 g/mol. The lowest BCUT2D eigenvalue weighted by atomic mass is 10.0. The van der Waals surface area contributed by atoms with Crippen LogP contribution in [-0.2, 0) is 0 Å². The molecule has 1 heterocycles. The average molecular weight is 246 g/mol. The second-order valence-electron chi connectivity index (χ2n) is 4.93. The van der Waals surface area contributed by atoms with Gasteiger partial charge in [-0.3, -0.25) is 4.90 Å². The van der Waals surface area contributed by atoms with E-state index >= 15 is 0 Å². The Labute approximate surface area is 109 Å². The molecule has 1 fully saturated rings. The lowest BCUT2D eigenvalue weighted by Gasteiger charge is -2.37. The average Bonchev–Trinajstić information content (AvgIpc) is 2.46. The van der Waals surface area contributed by atoms with Gasteiger partial charge in [0.15, 0.2) is 0 Å². The van der Waals surface area contributed by atoms with E-state index in [9.17, 15) is 4.79 Å². The third-order valence-electron chi connectivity index (χ3n) is 3.77. The van der Waals surface area contributed by atoms with Crippen molar-refractivity contribution in [3.63, 3.8) is 0 Å². The van der Waals surface area contributed by atoms with Crippen molar-refractivity contribution in [1.82, 2.24) is 4.90 Å². The molecule has 0 spiro atoms. The molecule has 0 N–H and O–H groups in total. The van der Waals surface area contributed by atoms with Crippen LogP contribution in [-0.4, -0.2) is 30.6 Å². The van der Waals surface area contributed by atoms with Crippen molar-refractivity contribution in [1.29, 1.82) is 0 Å². The highest BCUT2D eigenvalue weighted by Gasteiger charge is 2.27. The summed E-state index contributed by atoms with van der Waals surface area (Å²) >= 11 is 0. The molecular formula is C15H22N2O. The minimum atomic E-state index is 0.132. The molecule has 2 amide bonds. The lowest BCUT2D eigenvalue weighted by molar-refractivity contribution is 0.155. The van der Waals surface area contributed by atoms with Gasteiger partial charge in [-0.05, 0) is 37.8 Å². The highest BCUT2D eigenvalue weighted by atomic mass is 16.2. The summed E-state index contributed by atoms with van der Waals surface area (Å²) in [5, 5.41) is 0. The summed E-state index contributed by atoms with van der Waals surface area (Å²) in [5.74, 6) is 0. The van der Waals surface area contributed by atoms with Gasteiger partial charge in [-0.25, -0.2) is 4.79 Å². The van der Waals surface area contributed by atoms with Crippen LogP contribution in [0.4, 0.5) is 10.5 Å². The Balaban J connectivity index is 2.10. The van der Waals surface area contributed by atoms with Crippen molar-refractivity contribution in [3.05, 3.63) is 30.3 Å². The normalized spacial score (nSPS) is 19.7. The molecule has 0 radical (unpaired) electrons. The zero-order valence-electron chi connectivity index (χ0n) is 11.3. The molecule has 0 bridgehead atoms. The second kappa shape index (κ2) is 5.89. The van der Waals surface area contributed by atoms with Gasteiger partial charge in [0.25, 0.3) is 0 Å². The van der Waals surface area contributed by atoms with Gasteiger partial charge < -0.3 is 4.90 Å². The maximum atomic E-state index is 12.5. The van der Waals surface area contributed by atoms with Crippen LogP contribution >= 0.6 is 0 Å². The van der Waals surface area contributed by atoms with Crippen molar-refractivity contribution in [2.45, 2.75) is 38.6 Å². The quantitative estimate of drug-likeness (QED) is 0.783. The first kappa shape index (κ1) is 12.9. The van der Waals surface area contributed by atoms with Gasteiger partial charge in [-0.15, -0.1) is 0 Å². The Bertz CT molecular complexity index is 391. The molecule has 1 atom stereocenters. The molecule has 0 aliphatic carbocycles. The van der Waals surface area contributed by atoms with E-state index in [-0.39, 0.29) is 6.03 Å². The molecule has 18 heavy (non-hydrogen) atoms. The van der Waals surface area contributed by atoms with Crippen LogP contribution in [0.25, 0.3) is 0 Å². The zero-order chi connectivity index (χ0) is 13.0. The van der Waals surface area contributed by atoms with Gasteiger partial charge in [0.1, 0.15) is 0 Å². The standard InChI is InChI=1S/C15H22N2O/c1-3-13-9-7-8-12-17(13)15(18)16(2)14-10-5-4-6-11-14/h4-6,10-11,13H,3,7-9,12H2,1-2H3. The van der Waals surface area contributed by atoms with Gasteiger partial charge in [0, 0.05) is 25.3 Å². The van der Waals surface area contributed by atoms with Gasteiger partial charge in [-0.2, -0.15) is 0 Å². The molecule has 3 heteroatoms. The van der Waals surface area contributed by atoms with E-state index in [1.165, 1.54) is 6.42 Å². The Kier molecular flexibility index (Phi) is 4.24. The van der Waals surface area contributed by atoms with Crippen LogP contribution in [0.15, 0.2) is 30.3 Å². The number of rotatable bonds is 2. The molecule has 1 aliphatic rings. The summed E-state index contributed by atoms with van der Waals surface area (Å²) in [4.78, 5) is 16.3. The number of nitrogens with zero attached hydrogens (tertiary/aromatic N) is 2. The number of carbonyl (C=O) groups excluding carboxylic acids is 1. The molecule has 0 aromatic heterocycles. The highest BCUT2D eigenvalue weighted by molar-refractivity contribution is 5.91. The Morgan fingerprint density at radius 2 is 2.06 bits per heavy atom. The van der Waals surface area contributed by atoms with Crippen LogP contribution in [0.5, 0.6) is 0 Å². The van der Waals surface area contributed by atoms with Crippen molar-refractivity contribution >= 4 is 11.7 Å². The zero-order valence-corrected chi connectivity index (χ0v) is 11.3. The number of benzene rings is 1. The van der Waals surface area contributed by atoms with Crippen LogP contribution in [0.2, 0.25) is 0 Å². The third kappa shape index (κ3) is 2.66. The van der Waals surface area contributed by atoms with Gasteiger partial charge in [0.2, 0.25) is 0 Å². The molecule has 2 rings (SSSR count). The van der Waals surface area contributed by atoms with Crippen molar-refractivity contribution in [2.24, 2.45) is 0 Å². The smallest absolute Gasteiger partial charge is 0.321 e. The topological polar surface area (TPSA) is 23.6 Å². The summed E-state index contributed by atoms with van der Waals surface area (Å²) in [6.45, 7) is 3.06. The molecular weight excluding hydrogens is 224 g/mol. The Morgan fingerprint density at radius 1 is 1.33 bits per heavy atom. The molecule has 1 aromatic carbocycles. The van der Waals surface area contributed by atoms with Gasteiger partial charge in [-0.1, -0.05) is 25.1 Å². The first-order chi connectivity index (χ1) is 8.74. The van der Waals surface area contributed by atoms with E-state index < -0.39 is 0 Å². The minimum absolute atomic E-state index is 0.132. The van der Waals surface area contributed by atoms with E-state index in [1.54, 1.807) is 4.90 Å². The molecule has 1 aliphatic heterocycles. The summed E-state index contributed by atoms with van der Waals surface area (Å²) < 4.78 is 0. The van der Waals surface area contributed by atoms with E-state index in [0.29, 0.717) is 6.04 Å². The van der Waals surface area contributed by atoms with E-state index in [4.69, 9.17) is 0 Å². The largest absolute Gasteiger partial charge is 0.324 e. The molecule has 1 saturated heterocycles. The summed E-state index contributed by atoms with van der Waals surface area (Å²) in [7, 11) is 1.86. The number of likely N-dealkylation sites (tertiary alicyclic amines) is 1. The first-order valence-corrected chi connectivity index (χ1v) is 6.83. The fraction of sp³-hybridized carbons (Fsp3) is 0.533. The summed E-state index contributed by atoms with van der Waals surface area (Å²) in [6.07, 6.45) is 4.57. The van der Waals surface area contributed by atoms with Crippen molar-refractivity contribution < 1.29 is 4.79 Å². The first-order valence-electron chi connectivity index (χ1n) is 6.83. The predicted octanol–water partition coefficient (Wildman–Crippen LogP) is 3.51. The number of piperidine rings is 1. The van der Waals surface area contributed by atoms with Gasteiger partial charge >= 0.3 is 6.03 Å². The van der Waals surface area contributed by atoms with E-state index in [0.717, 1.165) is 31.5 Å². The molecule has 3 nitrogen and oxygen atoms in total. The number of hydrogen-bond donors (Lipinski definition) is 0. The SMILES string of the molecule is CCC1CCCCN1C(=O)N(C)c1ccccc1. The number of hydrogen-bond acceptors (Lipinski definition) is 1. The predicted molar refractivity (Wildman–Crippen MR) is 74.9 cm³/mol. The highest BCUT2D eigenvalue weighted by Crippen LogP contribution is 2.22. The van der Waals surface area contributed by atoms with Crippen molar-refractivity contribution in [2.75, 3.05) is 18.5 Å². The summed E-state index contributed by atoms with van der Waals surface area (Å²) in [6, 6.07) is 10.4. The number of urea groups is 1. The van der Waals surface area contributed by atoms with Gasteiger partial charge in [0.05, 0.1) is 0 Å². The Hall–Kier alpha value is -1.51. The van der Waals surface area contributed by atoms with Crippen LogP contribution < -0.4 is 4.90 Å². The van der Waals surface area contributed by atoms with Crippen molar-refractivity contribution in [3.8, 4) is 0 Å². The number of amides is 2. The maximum Gasteiger partial charge on any atom is 0.324 e. The summed E-state index contributed by atoms with van der Waals surface area (Å²) in [5.41, 5.74) is 0.961. The lowest BCUT2D eigenvalue weighted by Crippen LogP contribution is -2.49. The molecule has 0 saturated carbocycles. The molecule has 98 valence electrons. The maximum absolute atomic E-state index is 12.5. The number of anilines is 1. The second-order valence-corrected chi connectivity index (χ2v) is 4.93. The molecule has 1 unspecified atom stereocenters.